The van der Waals surface area contributed by atoms with Gasteiger partial charge in [-0.05, 0) is 50.2 Å². The number of aromatic nitrogens is 2. The Balaban J connectivity index is 0.000000179. The summed E-state index contributed by atoms with van der Waals surface area (Å²) in [5, 5.41) is 18.5. The van der Waals surface area contributed by atoms with Crippen LogP contribution in [0.4, 0.5) is 6.01 Å². The number of hydrogen-bond donors (Lipinski definition) is 1. The molecule has 1 spiro atoms. The summed E-state index contributed by atoms with van der Waals surface area (Å²) in [5.74, 6) is 0.115. The molecule has 0 radical (unpaired) electrons. The molecule has 1 saturated heterocycles. The first-order valence-electron chi connectivity index (χ1n) is 10.4. The molecular formula is C22H29N5O2. The van der Waals surface area contributed by atoms with Crippen LogP contribution in [0.3, 0.4) is 0 Å². The van der Waals surface area contributed by atoms with Crippen molar-refractivity contribution < 1.29 is 9.21 Å². The Labute approximate surface area is 172 Å². The van der Waals surface area contributed by atoms with Crippen molar-refractivity contribution in [2.45, 2.75) is 57.9 Å². The topological polar surface area (TPSA) is 95.1 Å². The summed E-state index contributed by atoms with van der Waals surface area (Å²) in [6.45, 7) is 3.59. The van der Waals surface area contributed by atoms with E-state index in [0.29, 0.717) is 17.0 Å². The molecule has 1 aromatic heterocycles. The van der Waals surface area contributed by atoms with Gasteiger partial charge in [0.2, 0.25) is 12.3 Å². The fourth-order valence-electron chi connectivity index (χ4n) is 3.15. The average molecular weight is 396 g/mol. The number of nitrogens with zero attached hydrogens (tertiary/aromatic N) is 4. The van der Waals surface area contributed by atoms with E-state index < -0.39 is 0 Å². The monoisotopic (exact) mass is 395 g/mol. The molecule has 2 aromatic rings. The third kappa shape index (κ3) is 6.90. The number of hydrogen-bond acceptors (Lipinski definition) is 6. The van der Waals surface area contributed by atoms with E-state index in [1.54, 1.807) is 12.1 Å². The Kier molecular flexibility index (Phi) is 7.23. The summed E-state index contributed by atoms with van der Waals surface area (Å²) >= 11 is 0. The smallest absolute Gasteiger partial charge is 0.315 e. The molecule has 5 rings (SSSR count). The molecule has 1 N–H and O–H groups in total. The molecule has 7 heteroatoms. The van der Waals surface area contributed by atoms with Gasteiger partial charge in [-0.1, -0.05) is 42.6 Å². The van der Waals surface area contributed by atoms with Crippen molar-refractivity contribution in [2.24, 2.45) is 5.41 Å². The predicted octanol–water partition coefficient (Wildman–Crippen LogP) is 4.00. The molecule has 1 aliphatic heterocycles. The second-order valence-corrected chi connectivity index (χ2v) is 7.97. The molecule has 154 valence electrons. The molecule has 1 amide bonds. The molecule has 7 nitrogen and oxygen atoms in total. The Bertz CT molecular complexity index is 782. The van der Waals surface area contributed by atoms with Crippen molar-refractivity contribution in [3.8, 4) is 6.07 Å². The summed E-state index contributed by atoms with van der Waals surface area (Å²) in [4.78, 5) is 14.2. The van der Waals surface area contributed by atoms with Gasteiger partial charge in [-0.3, -0.25) is 4.79 Å². The van der Waals surface area contributed by atoms with E-state index in [0.717, 1.165) is 25.9 Å². The number of nitrogens with one attached hydrogen (secondary N) is 1. The number of anilines is 1. The number of rotatable bonds is 3. The highest BCUT2D eigenvalue weighted by Crippen LogP contribution is 2.53. The fraction of sp³-hybridized carbons (Fsp3) is 0.545. The van der Waals surface area contributed by atoms with Gasteiger partial charge >= 0.3 is 6.01 Å². The first-order chi connectivity index (χ1) is 14.1. The first kappa shape index (κ1) is 20.8. The third-order valence-electron chi connectivity index (χ3n) is 5.42. The van der Waals surface area contributed by atoms with E-state index in [-0.39, 0.29) is 11.9 Å². The van der Waals surface area contributed by atoms with Gasteiger partial charge in [-0.2, -0.15) is 5.26 Å². The van der Waals surface area contributed by atoms with Crippen molar-refractivity contribution in [3.05, 3.63) is 42.3 Å². The zero-order chi connectivity index (χ0) is 20.5. The largest absolute Gasteiger partial charge is 0.411 e. The third-order valence-corrected chi connectivity index (χ3v) is 5.42. The van der Waals surface area contributed by atoms with E-state index in [4.69, 9.17) is 9.68 Å². The summed E-state index contributed by atoms with van der Waals surface area (Å²) in [5.41, 5.74) is 1.31. The summed E-state index contributed by atoms with van der Waals surface area (Å²) in [6, 6.07) is 11.1. The van der Waals surface area contributed by atoms with Gasteiger partial charge in [0.05, 0.1) is 11.6 Å². The van der Waals surface area contributed by atoms with Gasteiger partial charge in [0.15, 0.2) is 0 Å². The second kappa shape index (κ2) is 10.1. The zero-order valence-electron chi connectivity index (χ0n) is 17.0. The van der Waals surface area contributed by atoms with Gasteiger partial charge in [0.25, 0.3) is 0 Å². The van der Waals surface area contributed by atoms with Gasteiger partial charge in [0.1, 0.15) is 6.04 Å². The van der Waals surface area contributed by atoms with Crippen molar-refractivity contribution in [1.82, 2.24) is 15.1 Å². The Morgan fingerprint density at radius 1 is 1.17 bits per heavy atom. The predicted molar refractivity (Wildman–Crippen MR) is 110 cm³/mol. The molecule has 1 atom stereocenters. The van der Waals surface area contributed by atoms with E-state index in [9.17, 15) is 4.79 Å². The average Bonchev–Trinajstić information content (AvgIpc) is 3.71. The number of nitriles is 1. The summed E-state index contributed by atoms with van der Waals surface area (Å²) in [7, 11) is 0. The van der Waals surface area contributed by atoms with Crippen LogP contribution in [0.1, 0.15) is 57.4 Å². The summed E-state index contributed by atoms with van der Waals surface area (Å²) in [6.07, 6.45) is 10.8. The van der Waals surface area contributed by atoms with Crippen LogP contribution in [0.5, 0.6) is 0 Å². The standard InChI is InChI=1S/C12H18N4O2.C7H5N.C3H6/c1-9(14-11-15-13-8-18-11)10(17)16-6-4-12(2-3-12)5-7-16;8-6-7-4-2-1-3-5-7;1-2-3-1/h8-9H,2-7H2,1H3,(H,14,15);1-5H;1-3H2. The maximum Gasteiger partial charge on any atom is 0.315 e. The number of likely N-dealkylation sites (tertiary alicyclic amines) is 1. The van der Waals surface area contributed by atoms with Crippen LogP contribution in [0, 0.1) is 16.7 Å². The molecule has 0 bridgehead atoms. The highest BCUT2D eigenvalue weighted by molar-refractivity contribution is 5.83. The van der Waals surface area contributed by atoms with Crippen molar-refractivity contribution in [2.75, 3.05) is 18.4 Å². The molecule has 2 aliphatic carbocycles. The molecule has 1 unspecified atom stereocenters. The van der Waals surface area contributed by atoms with Crippen molar-refractivity contribution in [3.63, 3.8) is 0 Å². The summed E-state index contributed by atoms with van der Waals surface area (Å²) < 4.78 is 4.98. The number of piperidine rings is 1. The number of benzene rings is 1. The lowest BCUT2D eigenvalue weighted by atomic mass is 9.93. The van der Waals surface area contributed by atoms with Crippen LogP contribution in [-0.2, 0) is 4.79 Å². The minimum Gasteiger partial charge on any atom is -0.411 e. The number of carbonyl (C=O) groups is 1. The Morgan fingerprint density at radius 2 is 1.83 bits per heavy atom. The van der Waals surface area contributed by atoms with E-state index in [1.165, 1.54) is 38.5 Å². The van der Waals surface area contributed by atoms with Crippen LogP contribution in [0.15, 0.2) is 41.1 Å². The van der Waals surface area contributed by atoms with Crippen LogP contribution >= 0.6 is 0 Å². The fourth-order valence-corrected chi connectivity index (χ4v) is 3.15. The quantitative estimate of drug-likeness (QED) is 0.844. The molecule has 2 heterocycles. The lowest BCUT2D eigenvalue weighted by Crippen LogP contribution is -2.45. The number of carbonyl (C=O) groups excluding carboxylic acids is 1. The molecule has 29 heavy (non-hydrogen) atoms. The molecular weight excluding hydrogens is 366 g/mol. The zero-order valence-corrected chi connectivity index (χ0v) is 17.0. The van der Waals surface area contributed by atoms with Gasteiger partial charge in [-0.15, -0.1) is 5.10 Å². The van der Waals surface area contributed by atoms with Crippen LogP contribution in [0.25, 0.3) is 0 Å². The molecule has 3 fully saturated rings. The van der Waals surface area contributed by atoms with Crippen LogP contribution < -0.4 is 5.32 Å². The van der Waals surface area contributed by atoms with Gasteiger partial charge < -0.3 is 14.6 Å². The van der Waals surface area contributed by atoms with E-state index in [1.807, 2.05) is 36.1 Å². The maximum atomic E-state index is 12.2. The van der Waals surface area contributed by atoms with Crippen LogP contribution in [-0.4, -0.2) is 40.1 Å². The Morgan fingerprint density at radius 3 is 2.28 bits per heavy atom. The highest BCUT2D eigenvalue weighted by Gasteiger charge is 2.45. The molecule has 3 aliphatic rings. The minimum absolute atomic E-state index is 0.115. The second-order valence-electron chi connectivity index (χ2n) is 7.97. The van der Waals surface area contributed by atoms with E-state index in [2.05, 4.69) is 15.5 Å². The minimum atomic E-state index is -0.321. The first-order valence-corrected chi connectivity index (χ1v) is 10.4. The maximum absolute atomic E-state index is 12.2. The van der Waals surface area contributed by atoms with Gasteiger partial charge in [0, 0.05) is 13.1 Å². The van der Waals surface area contributed by atoms with E-state index >= 15 is 0 Å². The molecule has 2 saturated carbocycles. The van der Waals surface area contributed by atoms with Crippen LogP contribution in [0.2, 0.25) is 0 Å². The van der Waals surface area contributed by atoms with Crippen molar-refractivity contribution >= 4 is 11.9 Å². The van der Waals surface area contributed by atoms with Gasteiger partial charge in [-0.25, -0.2) is 0 Å². The van der Waals surface area contributed by atoms with Crippen molar-refractivity contribution in [1.29, 1.82) is 5.26 Å². The molecule has 1 aromatic carbocycles. The Hall–Kier alpha value is -2.88. The lowest BCUT2D eigenvalue weighted by molar-refractivity contribution is -0.133. The SMILES string of the molecule is C1CC1.CC(Nc1nnco1)C(=O)N1CCC2(CC1)CC2.N#Cc1ccccc1. The lowest BCUT2D eigenvalue weighted by Gasteiger charge is -2.33. The normalized spacial score (nSPS) is 18.8. The highest BCUT2D eigenvalue weighted by atomic mass is 16.4. The number of amides is 1.